The largest absolute Gasteiger partial charge is 0.468 e. The predicted molar refractivity (Wildman–Crippen MR) is 69.8 cm³/mol. The third-order valence-corrected chi connectivity index (χ3v) is 3.75. The first-order valence-electron chi connectivity index (χ1n) is 6.75. The van der Waals surface area contributed by atoms with Crippen LogP contribution in [0, 0.1) is 5.92 Å². The van der Waals surface area contributed by atoms with Crippen LogP contribution in [-0.4, -0.2) is 25.0 Å². The van der Waals surface area contributed by atoms with E-state index in [2.05, 4.69) is 23.2 Å². The van der Waals surface area contributed by atoms with Crippen LogP contribution in [0.1, 0.15) is 37.5 Å². The molecule has 0 spiro atoms. The third-order valence-electron chi connectivity index (χ3n) is 3.75. The van der Waals surface area contributed by atoms with E-state index in [0.717, 1.165) is 24.8 Å². The zero-order valence-corrected chi connectivity index (χ0v) is 11.0. The van der Waals surface area contributed by atoms with E-state index in [1.165, 1.54) is 37.9 Å². The van der Waals surface area contributed by atoms with Gasteiger partial charge in [0.1, 0.15) is 5.76 Å². The van der Waals surface area contributed by atoms with Gasteiger partial charge >= 0.3 is 0 Å². The standard InChI is InChI=1S/C14H24N2O/c1-3-12-4-6-16(7-5-12)10-14-8-13(9-15-2)11-17-14/h8,11-12,15H,3-7,9-10H2,1-2H3. The lowest BCUT2D eigenvalue weighted by Crippen LogP contribution is -2.32. The number of hydrogen-bond donors (Lipinski definition) is 1. The Morgan fingerprint density at radius 3 is 2.82 bits per heavy atom. The number of nitrogens with zero attached hydrogens (tertiary/aromatic N) is 1. The van der Waals surface area contributed by atoms with Crippen molar-refractivity contribution in [1.29, 1.82) is 0 Å². The van der Waals surface area contributed by atoms with Crippen molar-refractivity contribution in [2.45, 2.75) is 39.3 Å². The molecule has 1 aromatic rings. The van der Waals surface area contributed by atoms with Gasteiger partial charge in [-0.05, 0) is 45.0 Å². The maximum Gasteiger partial charge on any atom is 0.118 e. The summed E-state index contributed by atoms with van der Waals surface area (Å²) in [5.41, 5.74) is 1.24. The fraction of sp³-hybridized carbons (Fsp3) is 0.714. The van der Waals surface area contributed by atoms with Gasteiger partial charge in [0.2, 0.25) is 0 Å². The summed E-state index contributed by atoms with van der Waals surface area (Å²) in [6.07, 6.45) is 5.90. The average Bonchev–Trinajstić information content (AvgIpc) is 2.78. The molecule has 2 heterocycles. The first-order chi connectivity index (χ1) is 8.31. The molecule has 0 atom stereocenters. The van der Waals surface area contributed by atoms with Crippen molar-refractivity contribution in [3.63, 3.8) is 0 Å². The Kier molecular flexibility index (Phi) is 4.63. The van der Waals surface area contributed by atoms with Crippen LogP contribution in [0.2, 0.25) is 0 Å². The molecule has 1 N–H and O–H groups in total. The number of hydrogen-bond acceptors (Lipinski definition) is 3. The van der Waals surface area contributed by atoms with Gasteiger partial charge in [0, 0.05) is 12.1 Å². The zero-order chi connectivity index (χ0) is 12.1. The molecule has 3 heteroatoms. The molecule has 3 nitrogen and oxygen atoms in total. The lowest BCUT2D eigenvalue weighted by atomic mass is 9.94. The smallest absolute Gasteiger partial charge is 0.118 e. The molecule has 0 amide bonds. The van der Waals surface area contributed by atoms with Gasteiger partial charge < -0.3 is 9.73 Å². The second-order valence-electron chi connectivity index (χ2n) is 5.08. The summed E-state index contributed by atoms with van der Waals surface area (Å²) in [7, 11) is 1.96. The molecular weight excluding hydrogens is 212 g/mol. The molecule has 0 aliphatic carbocycles. The quantitative estimate of drug-likeness (QED) is 0.852. The minimum Gasteiger partial charge on any atom is -0.468 e. The summed E-state index contributed by atoms with van der Waals surface area (Å²) >= 11 is 0. The lowest BCUT2D eigenvalue weighted by Gasteiger charge is -2.30. The molecule has 1 aliphatic heterocycles. The number of furan rings is 1. The van der Waals surface area contributed by atoms with Crippen molar-refractivity contribution in [2.75, 3.05) is 20.1 Å². The maximum atomic E-state index is 5.59. The molecule has 0 bridgehead atoms. The SMILES string of the molecule is CCC1CCN(Cc2cc(CNC)co2)CC1. The predicted octanol–water partition coefficient (Wildman–Crippen LogP) is 2.62. The number of nitrogens with one attached hydrogen (secondary N) is 1. The Balaban J connectivity index is 1.80. The van der Waals surface area contributed by atoms with Gasteiger partial charge in [0.25, 0.3) is 0 Å². The Bertz CT molecular complexity index is 327. The van der Waals surface area contributed by atoms with Crippen molar-refractivity contribution >= 4 is 0 Å². The maximum absolute atomic E-state index is 5.59. The average molecular weight is 236 g/mol. The minimum absolute atomic E-state index is 0.890. The van der Waals surface area contributed by atoms with E-state index >= 15 is 0 Å². The molecule has 0 saturated carbocycles. The summed E-state index contributed by atoms with van der Waals surface area (Å²) in [6.45, 7) is 6.61. The van der Waals surface area contributed by atoms with Crippen molar-refractivity contribution in [3.8, 4) is 0 Å². The van der Waals surface area contributed by atoms with Crippen LogP contribution in [0.5, 0.6) is 0 Å². The first kappa shape index (κ1) is 12.7. The van der Waals surface area contributed by atoms with Gasteiger partial charge in [-0.1, -0.05) is 13.3 Å². The van der Waals surface area contributed by atoms with Crippen LogP contribution >= 0.6 is 0 Å². The van der Waals surface area contributed by atoms with E-state index in [-0.39, 0.29) is 0 Å². The summed E-state index contributed by atoms with van der Waals surface area (Å²) in [4.78, 5) is 2.51. The minimum atomic E-state index is 0.890. The Hall–Kier alpha value is -0.800. The molecule has 1 fully saturated rings. The molecule has 17 heavy (non-hydrogen) atoms. The Labute approximate surface area is 104 Å². The second kappa shape index (κ2) is 6.22. The van der Waals surface area contributed by atoms with Crippen molar-refractivity contribution in [2.24, 2.45) is 5.92 Å². The summed E-state index contributed by atoms with van der Waals surface area (Å²) in [6, 6.07) is 2.17. The van der Waals surface area contributed by atoms with Crippen LogP contribution in [0.25, 0.3) is 0 Å². The molecule has 0 unspecified atom stereocenters. The molecule has 0 aromatic carbocycles. The molecule has 1 saturated heterocycles. The van der Waals surface area contributed by atoms with Crippen molar-refractivity contribution in [3.05, 3.63) is 23.7 Å². The topological polar surface area (TPSA) is 28.4 Å². The van der Waals surface area contributed by atoms with Crippen LogP contribution in [0.4, 0.5) is 0 Å². The van der Waals surface area contributed by atoms with Crippen LogP contribution in [0.15, 0.2) is 16.7 Å². The molecular formula is C14H24N2O. The molecule has 1 aliphatic rings. The van der Waals surface area contributed by atoms with E-state index in [4.69, 9.17) is 4.42 Å². The summed E-state index contributed by atoms with van der Waals surface area (Å²) in [5, 5.41) is 3.14. The molecule has 0 radical (unpaired) electrons. The van der Waals surface area contributed by atoms with E-state index < -0.39 is 0 Å². The first-order valence-corrected chi connectivity index (χ1v) is 6.75. The van der Waals surface area contributed by atoms with E-state index in [1.54, 1.807) is 0 Å². The van der Waals surface area contributed by atoms with Crippen LogP contribution in [-0.2, 0) is 13.1 Å². The molecule has 96 valence electrons. The number of likely N-dealkylation sites (tertiary alicyclic amines) is 1. The fourth-order valence-corrected chi connectivity index (χ4v) is 2.58. The van der Waals surface area contributed by atoms with Gasteiger partial charge in [-0.15, -0.1) is 0 Å². The van der Waals surface area contributed by atoms with Crippen molar-refractivity contribution in [1.82, 2.24) is 10.2 Å². The molecule has 2 rings (SSSR count). The fourth-order valence-electron chi connectivity index (χ4n) is 2.58. The number of rotatable bonds is 5. The highest BCUT2D eigenvalue weighted by Gasteiger charge is 2.18. The highest BCUT2D eigenvalue weighted by Crippen LogP contribution is 2.21. The lowest BCUT2D eigenvalue weighted by molar-refractivity contribution is 0.164. The van der Waals surface area contributed by atoms with Gasteiger partial charge in [-0.25, -0.2) is 0 Å². The van der Waals surface area contributed by atoms with E-state index in [9.17, 15) is 0 Å². The van der Waals surface area contributed by atoms with Gasteiger partial charge in [-0.2, -0.15) is 0 Å². The van der Waals surface area contributed by atoms with Crippen molar-refractivity contribution < 1.29 is 4.42 Å². The van der Waals surface area contributed by atoms with Gasteiger partial charge in [-0.3, -0.25) is 4.90 Å². The van der Waals surface area contributed by atoms with Gasteiger partial charge in [0.15, 0.2) is 0 Å². The normalized spacial score (nSPS) is 18.7. The number of piperidine rings is 1. The zero-order valence-electron chi connectivity index (χ0n) is 11.0. The summed E-state index contributed by atoms with van der Waals surface area (Å²) in [5.74, 6) is 2.05. The van der Waals surface area contributed by atoms with Gasteiger partial charge in [0.05, 0.1) is 12.8 Å². The van der Waals surface area contributed by atoms with E-state index in [1.807, 2.05) is 13.3 Å². The van der Waals surface area contributed by atoms with Crippen LogP contribution in [0.3, 0.4) is 0 Å². The summed E-state index contributed by atoms with van der Waals surface area (Å²) < 4.78 is 5.59. The third kappa shape index (κ3) is 3.58. The highest BCUT2D eigenvalue weighted by molar-refractivity contribution is 5.12. The Morgan fingerprint density at radius 1 is 1.41 bits per heavy atom. The molecule has 1 aromatic heterocycles. The highest BCUT2D eigenvalue weighted by atomic mass is 16.3. The second-order valence-corrected chi connectivity index (χ2v) is 5.08. The van der Waals surface area contributed by atoms with Crippen LogP contribution < -0.4 is 5.32 Å². The monoisotopic (exact) mass is 236 g/mol. The Morgan fingerprint density at radius 2 is 2.18 bits per heavy atom. The van der Waals surface area contributed by atoms with E-state index in [0.29, 0.717) is 0 Å².